The second kappa shape index (κ2) is 6.10. The van der Waals surface area contributed by atoms with Crippen molar-refractivity contribution in [1.29, 1.82) is 0 Å². The van der Waals surface area contributed by atoms with Crippen LogP contribution in [0.25, 0.3) is 0 Å². The molecule has 1 heterocycles. The lowest BCUT2D eigenvalue weighted by Gasteiger charge is -2.46. The number of piperidine rings is 1. The molecule has 116 valence electrons. The van der Waals surface area contributed by atoms with Gasteiger partial charge in [0.25, 0.3) is 0 Å². The Labute approximate surface area is 129 Å². The Morgan fingerprint density at radius 1 is 1.14 bits per heavy atom. The fourth-order valence-electron chi connectivity index (χ4n) is 4.30. The van der Waals surface area contributed by atoms with Crippen LogP contribution < -0.4 is 0 Å². The van der Waals surface area contributed by atoms with E-state index in [1.165, 1.54) is 18.4 Å². The zero-order chi connectivity index (χ0) is 14.9. The lowest BCUT2D eigenvalue weighted by Crippen LogP contribution is -2.52. The van der Waals surface area contributed by atoms with E-state index in [4.69, 9.17) is 0 Å². The van der Waals surface area contributed by atoms with Gasteiger partial charge in [-0.2, -0.15) is 0 Å². The number of benzene rings is 1. The van der Waals surface area contributed by atoms with E-state index >= 15 is 0 Å². The van der Waals surface area contributed by atoms with E-state index in [2.05, 4.69) is 49.1 Å². The lowest BCUT2D eigenvalue weighted by molar-refractivity contribution is -0.0191. The van der Waals surface area contributed by atoms with Crippen molar-refractivity contribution in [1.82, 2.24) is 4.90 Å². The quantitative estimate of drug-likeness (QED) is 0.894. The molecular weight excluding hydrogens is 258 g/mol. The molecule has 3 rings (SSSR count). The third kappa shape index (κ3) is 3.49. The Bertz CT molecular complexity index is 456. The average molecular weight is 287 g/mol. The summed E-state index contributed by atoms with van der Waals surface area (Å²) in [6, 6.07) is 11.2. The van der Waals surface area contributed by atoms with Crippen LogP contribution in [0.15, 0.2) is 30.3 Å². The molecule has 2 aliphatic rings. The summed E-state index contributed by atoms with van der Waals surface area (Å²) in [5.41, 5.74) is 1.85. The summed E-state index contributed by atoms with van der Waals surface area (Å²) in [6.45, 7) is 7.02. The Hall–Kier alpha value is -0.860. The summed E-state index contributed by atoms with van der Waals surface area (Å²) in [4.78, 5) is 2.57. The molecule has 0 aromatic heterocycles. The Balaban J connectivity index is 1.72. The molecule has 1 aromatic rings. The SMILES string of the molecule is CC1(C)CCCN(C2CC(c3ccccc3)CCC2O)C1. The van der Waals surface area contributed by atoms with Crippen molar-refractivity contribution in [3.63, 3.8) is 0 Å². The first-order chi connectivity index (χ1) is 10.1. The minimum absolute atomic E-state index is 0.140. The van der Waals surface area contributed by atoms with Gasteiger partial charge in [0.05, 0.1) is 6.10 Å². The first-order valence-electron chi connectivity index (χ1n) is 8.52. The van der Waals surface area contributed by atoms with Gasteiger partial charge in [-0.25, -0.2) is 0 Å². The molecule has 21 heavy (non-hydrogen) atoms. The van der Waals surface area contributed by atoms with Gasteiger partial charge >= 0.3 is 0 Å². The zero-order valence-corrected chi connectivity index (χ0v) is 13.5. The molecule has 0 amide bonds. The highest BCUT2D eigenvalue weighted by Crippen LogP contribution is 2.38. The number of likely N-dealkylation sites (tertiary alicyclic amines) is 1. The third-order valence-corrected chi connectivity index (χ3v) is 5.45. The van der Waals surface area contributed by atoms with Crippen LogP contribution in [0, 0.1) is 5.41 Å². The largest absolute Gasteiger partial charge is 0.391 e. The first-order valence-corrected chi connectivity index (χ1v) is 8.52. The van der Waals surface area contributed by atoms with Crippen molar-refractivity contribution < 1.29 is 5.11 Å². The summed E-state index contributed by atoms with van der Waals surface area (Å²) >= 11 is 0. The van der Waals surface area contributed by atoms with Crippen molar-refractivity contribution in [2.75, 3.05) is 13.1 Å². The van der Waals surface area contributed by atoms with Gasteiger partial charge in [-0.3, -0.25) is 4.90 Å². The minimum Gasteiger partial charge on any atom is -0.391 e. The van der Waals surface area contributed by atoms with Crippen LogP contribution in [0.1, 0.15) is 57.4 Å². The molecule has 1 saturated heterocycles. The van der Waals surface area contributed by atoms with Crippen molar-refractivity contribution >= 4 is 0 Å². The summed E-state index contributed by atoms with van der Waals surface area (Å²) in [6.07, 6.45) is 5.63. The molecule has 2 heteroatoms. The van der Waals surface area contributed by atoms with Crippen molar-refractivity contribution in [3.8, 4) is 0 Å². The topological polar surface area (TPSA) is 23.5 Å². The number of hydrogen-bond acceptors (Lipinski definition) is 2. The fourth-order valence-corrected chi connectivity index (χ4v) is 4.30. The Morgan fingerprint density at radius 2 is 1.90 bits per heavy atom. The van der Waals surface area contributed by atoms with E-state index in [-0.39, 0.29) is 6.10 Å². The van der Waals surface area contributed by atoms with Gasteiger partial charge in [-0.05, 0) is 55.5 Å². The highest BCUT2D eigenvalue weighted by molar-refractivity contribution is 5.20. The molecule has 1 aromatic carbocycles. The van der Waals surface area contributed by atoms with E-state index < -0.39 is 0 Å². The van der Waals surface area contributed by atoms with Crippen LogP contribution in [-0.4, -0.2) is 35.2 Å². The number of nitrogens with zero attached hydrogens (tertiary/aromatic N) is 1. The number of hydrogen-bond donors (Lipinski definition) is 1. The van der Waals surface area contributed by atoms with Crippen LogP contribution in [0.4, 0.5) is 0 Å². The monoisotopic (exact) mass is 287 g/mol. The average Bonchev–Trinajstić information content (AvgIpc) is 2.47. The van der Waals surface area contributed by atoms with Crippen molar-refractivity contribution in [2.45, 2.75) is 64.0 Å². The van der Waals surface area contributed by atoms with Gasteiger partial charge in [-0.15, -0.1) is 0 Å². The summed E-state index contributed by atoms with van der Waals surface area (Å²) in [5.74, 6) is 0.615. The van der Waals surface area contributed by atoms with Gasteiger partial charge in [0, 0.05) is 12.6 Å². The fraction of sp³-hybridized carbons (Fsp3) is 0.684. The Kier molecular flexibility index (Phi) is 4.37. The van der Waals surface area contributed by atoms with E-state index in [0.29, 0.717) is 17.4 Å². The van der Waals surface area contributed by atoms with E-state index in [1.807, 2.05) is 0 Å². The smallest absolute Gasteiger partial charge is 0.0695 e. The third-order valence-electron chi connectivity index (χ3n) is 5.45. The van der Waals surface area contributed by atoms with Crippen molar-refractivity contribution in [3.05, 3.63) is 35.9 Å². The molecule has 1 aliphatic carbocycles. The summed E-state index contributed by atoms with van der Waals surface area (Å²) in [5, 5.41) is 10.5. The lowest BCUT2D eigenvalue weighted by atomic mass is 9.77. The molecule has 1 N–H and O–H groups in total. The molecule has 0 radical (unpaired) electrons. The summed E-state index contributed by atoms with van der Waals surface area (Å²) < 4.78 is 0. The molecular formula is C19H29NO. The van der Waals surface area contributed by atoms with Crippen LogP contribution in [-0.2, 0) is 0 Å². The van der Waals surface area contributed by atoms with Gasteiger partial charge in [0.2, 0.25) is 0 Å². The second-order valence-electron chi connectivity index (χ2n) is 7.79. The van der Waals surface area contributed by atoms with Crippen LogP contribution in [0.5, 0.6) is 0 Å². The van der Waals surface area contributed by atoms with Crippen LogP contribution in [0.2, 0.25) is 0 Å². The van der Waals surface area contributed by atoms with Crippen LogP contribution >= 0.6 is 0 Å². The zero-order valence-electron chi connectivity index (χ0n) is 13.5. The minimum atomic E-state index is -0.140. The molecule has 3 unspecified atom stereocenters. The van der Waals surface area contributed by atoms with Gasteiger partial charge in [-0.1, -0.05) is 44.2 Å². The molecule has 3 atom stereocenters. The standard InChI is InChI=1S/C19H29NO/c1-19(2)11-6-12-20(14-19)17-13-16(9-10-18(17)21)15-7-4-3-5-8-15/h3-5,7-8,16-18,21H,6,9-14H2,1-2H3. The van der Waals surface area contributed by atoms with Crippen molar-refractivity contribution in [2.24, 2.45) is 5.41 Å². The highest BCUT2D eigenvalue weighted by Gasteiger charge is 2.37. The second-order valence-corrected chi connectivity index (χ2v) is 7.79. The van der Waals surface area contributed by atoms with E-state index in [1.54, 1.807) is 0 Å². The molecule has 1 saturated carbocycles. The number of aliphatic hydroxyl groups excluding tert-OH is 1. The Morgan fingerprint density at radius 3 is 2.62 bits per heavy atom. The normalized spacial score (nSPS) is 33.8. The first kappa shape index (κ1) is 15.1. The number of rotatable bonds is 2. The molecule has 2 nitrogen and oxygen atoms in total. The van der Waals surface area contributed by atoms with Gasteiger partial charge in [0.1, 0.15) is 0 Å². The highest BCUT2D eigenvalue weighted by atomic mass is 16.3. The number of aliphatic hydroxyl groups is 1. The van der Waals surface area contributed by atoms with Crippen LogP contribution in [0.3, 0.4) is 0 Å². The maximum absolute atomic E-state index is 10.5. The molecule has 1 aliphatic heterocycles. The predicted molar refractivity (Wildman–Crippen MR) is 87.4 cm³/mol. The summed E-state index contributed by atoms with van der Waals surface area (Å²) in [7, 11) is 0. The maximum atomic E-state index is 10.5. The molecule has 0 spiro atoms. The molecule has 2 fully saturated rings. The van der Waals surface area contributed by atoms with E-state index in [9.17, 15) is 5.11 Å². The van der Waals surface area contributed by atoms with Gasteiger partial charge in [0.15, 0.2) is 0 Å². The predicted octanol–water partition coefficient (Wildman–Crippen LogP) is 3.81. The van der Waals surface area contributed by atoms with E-state index in [0.717, 1.165) is 32.4 Å². The maximum Gasteiger partial charge on any atom is 0.0695 e. The molecule has 0 bridgehead atoms. The van der Waals surface area contributed by atoms with Gasteiger partial charge < -0.3 is 5.11 Å².